The van der Waals surface area contributed by atoms with Crippen LogP contribution in [0.3, 0.4) is 0 Å². The van der Waals surface area contributed by atoms with E-state index in [4.69, 9.17) is 9.57 Å². The Labute approximate surface area is 123 Å². The molecular formula is C14H20N2O5. The molecule has 0 fully saturated rings. The van der Waals surface area contributed by atoms with Crippen molar-refractivity contribution in [3.05, 3.63) is 29.8 Å². The maximum absolute atomic E-state index is 11.7. The summed E-state index contributed by atoms with van der Waals surface area (Å²) in [6.45, 7) is 5.50. The van der Waals surface area contributed by atoms with Crippen LogP contribution in [0.1, 0.15) is 31.1 Å². The summed E-state index contributed by atoms with van der Waals surface area (Å²) >= 11 is 0. The lowest BCUT2D eigenvalue weighted by Crippen LogP contribution is -2.35. The summed E-state index contributed by atoms with van der Waals surface area (Å²) < 4.78 is 4.96. The monoisotopic (exact) mass is 296 g/mol. The van der Waals surface area contributed by atoms with Gasteiger partial charge < -0.3 is 15.2 Å². The van der Waals surface area contributed by atoms with Crippen molar-refractivity contribution in [2.45, 2.75) is 26.4 Å². The summed E-state index contributed by atoms with van der Waals surface area (Å²) in [4.78, 5) is 27.8. The molecular weight excluding hydrogens is 276 g/mol. The molecule has 0 atom stereocenters. The summed E-state index contributed by atoms with van der Waals surface area (Å²) in [6.07, 6.45) is -0.693. The lowest BCUT2D eigenvalue weighted by atomic mass is 10.2. The van der Waals surface area contributed by atoms with Crippen LogP contribution < -0.4 is 10.8 Å². The highest BCUT2D eigenvalue weighted by Gasteiger charge is 2.15. The van der Waals surface area contributed by atoms with Crippen molar-refractivity contribution in [2.24, 2.45) is 0 Å². The van der Waals surface area contributed by atoms with Gasteiger partial charge in [-0.25, -0.2) is 4.79 Å². The van der Waals surface area contributed by atoms with E-state index in [2.05, 4.69) is 10.8 Å². The number of rotatable bonds is 5. The van der Waals surface area contributed by atoms with Gasteiger partial charge in [-0.15, -0.1) is 0 Å². The van der Waals surface area contributed by atoms with Crippen LogP contribution in [-0.4, -0.2) is 35.9 Å². The minimum atomic E-state index is -0.693. The number of nitrogens with one attached hydrogen (secondary N) is 2. The molecule has 0 heterocycles. The molecule has 0 saturated carbocycles. The number of hydrogen-bond donors (Lipinski definition) is 3. The lowest BCUT2D eigenvalue weighted by Gasteiger charge is -2.19. The van der Waals surface area contributed by atoms with Gasteiger partial charge in [0.1, 0.15) is 11.4 Å². The van der Waals surface area contributed by atoms with Crippen LogP contribution in [0.5, 0.6) is 5.75 Å². The average molecular weight is 296 g/mol. The lowest BCUT2D eigenvalue weighted by molar-refractivity contribution is -0.00647. The van der Waals surface area contributed by atoms with E-state index in [1.165, 1.54) is 12.1 Å². The van der Waals surface area contributed by atoms with E-state index in [-0.39, 0.29) is 24.8 Å². The van der Waals surface area contributed by atoms with Gasteiger partial charge >= 0.3 is 6.09 Å². The van der Waals surface area contributed by atoms with Crippen LogP contribution in [0, 0.1) is 0 Å². The Hall–Kier alpha value is -2.28. The van der Waals surface area contributed by atoms with Crippen molar-refractivity contribution in [3.63, 3.8) is 0 Å². The minimum Gasteiger partial charge on any atom is -0.508 e. The second-order valence-electron chi connectivity index (χ2n) is 5.26. The first-order valence-electron chi connectivity index (χ1n) is 6.46. The summed E-state index contributed by atoms with van der Waals surface area (Å²) in [7, 11) is 0. The molecule has 1 aromatic carbocycles. The minimum absolute atomic E-state index is 0.0190. The fraction of sp³-hybridized carbons (Fsp3) is 0.429. The van der Waals surface area contributed by atoms with Gasteiger partial charge in [0, 0.05) is 12.1 Å². The van der Waals surface area contributed by atoms with Gasteiger partial charge in [0.15, 0.2) is 0 Å². The maximum Gasteiger partial charge on any atom is 0.431 e. The zero-order valence-electron chi connectivity index (χ0n) is 12.3. The van der Waals surface area contributed by atoms with Gasteiger partial charge in [0.25, 0.3) is 5.91 Å². The summed E-state index contributed by atoms with van der Waals surface area (Å²) in [5, 5.41) is 11.8. The third-order valence-corrected chi connectivity index (χ3v) is 2.15. The molecule has 0 aliphatic carbocycles. The van der Waals surface area contributed by atoms with Crippen LogP contribution in [0.4, 0.5) is 4.79 Å². The smallest absolute Gasteiger partial charge is 0.431 e. The molecule has 0 unspecified atom stereocenters. The standard InChI is InChI=1S/C14H20N2O5/c1-14(2,3)21-13(19)16-20-8-7-15-12(18)10-5-4-6-11(17)9-10/h4-6,9,17H,7-8H2,1-3H3,(H,15,18)(H,16,19). The maximum atomic E-state index is 11.7. The Kier molecular flexibility index (Phi) is 5.98. The SMILES string of the molecule is CC(C)(C)OC(=O)NOCCNC(=O)c1cccc(O)c1. The number of carbonyl (C=O) groups is 2. The number of ether oxygens (including phenoxy) is 1. The first kappa shape index (κ1) is 16.8. The summed E-state index contributed by atoms with van der Waals surface area (Å²) in [5.74, 6) is -0.322. The molecule has 21 heavy (non-hydrogen) atoms. The van der Waals surface area contributed by atoms with Gasteiger partial charge in [0.05, 0.1) is 6.61 Å². The number of phenolic OH excluding ortho intramolecular Hbond substituents is 1. The fourth-order valence-electron chi connectivity index (χ4n) is 1.37. The summed E-state index contributed by atoms with van der Waals surface area (Å²) in [5.41, 5.74) is 1.85. The first-order valence-corrected chi connectivity index (χ1v) is 6.46. The summed E-state index contributed by atoms with van der Waals surface area (Å²) in [6, 6.07) is 5.99. The van der Waals surface area contributed by atoms with Crippen molar-refractivity contribution in [2.75, 3.05) is 13.2 Å². The van der Waals surface area contributed by atoms with E-state index >= 15 is 0 Å². The van der Waals surface area contributed by atoms with Crippen molar-refractivity contribution in [3.8, 4) is 5.75 Å². The average Bonchev–Trinajstić information content (AvgIpc) is 2.36. The number of hydroxylamine groups is 1. The zero-order chi connectivity index (χ0) is 15.9. The van der Waals surface area contributed by atoms with Gasteiger partial charge in [-0.1, -0.05) is 6.07 Å². The van der Waals surface area contributed by atoms with Gasteiger partial charge in [-0.2, -0.15) is 5.48 Å². The Morgan fingerprint density at radius 3 is 2.62 bits per heavy atom. The highest BCUT2D eigenvalue weighted by molar-refractivity contribution is 5.94. The molecule has 7 nitrogen and oxygen atoms in total. The number of aromatic hydroxyl groups is 1. The predicted octanol–water partition coefficient (Wildman–Crippen LogP) is 1.58. The van der Waals surface area contributed by atoms with E-state index in [0.717, 1.165) is 0 Å². The molecule has 0 saturated heterocycles. The van der Waals surface area contributed by atoms with Gasteiger partial charge in [0.2, 0.25) is 0 Å². The van der Waals surface area contributed by atoms with E-state index in [1.54, 1.807) is 32.9 Å². The molecule has 0 aliphatic rings. The number of carbonyl (C=O) groups excluding carboxylic acids is 2. The third kappa shape index (κ3) is 7.17. The number of benzene rings is 1. The fourth-order valence-corrected chi connectivity index (χ4v) is 1.37. The second-order valence-corrected chi connectivity index (χ2v) is 5.26. The van der Waals surface area contributed by atoms with Gasteiger partial charge in [-0.3, -0.25) is 9.63 Å². The molecule has 0 aromatic heterocycles. The highest BCUT2D eigenvalue weighted by Crippen LogP contribution is 2.10. The Balaban J connectivity index is 2.20. The van der Waals surface area contributed by atoms with Gasteiger partial charge in [-0.05, 0) is 39.0 Å². The number of amides is 2. The molecule has 7 heteroatoms. The molecule has 0 radical (unpaired) electrons. The Morgan fingerprint density at radius 1 is 1.29 bits per heavy atom. The van der Waals surface area contributed by atoms with E-state index in [1.807, 2.05) is 0 Å². The molecule has 0 aliphatic heterocycles. The van der Waals surface area contributed by atoms with E-state index in [9.17, 15) is 14.7 Å². The van der Waals surface area contributed by atoms with E-state index in [0.29, 0.717) is 5.56 Å². The molecule has 0 spiro atoms. The number of phenols is 1. The quantitative estimate of drug-likeness (QED) is 0.566. The Bertz CT molecular complexity index is 496. The van der Waals surface area contributed by atoms with Crippen LogP contribution >= 0.6 is 0 Å². The van der Waals surface area contributed by atoms with Crippen LogP contribution in [0.2, 0.25) is 0 Å². The molecule has 3 N–H and O–H groups in total. The number of hydrogen-bond acceptors (Lipinski definition) is 5. The second kappa shape index (κ2) is 7.49. The third-order valence-electron chi connectivity index (χ3n) is 2.15. The predicted molar refractivity (Wildman–Crippen MR) is 75.8 cm³/mol. The van der Waals surface area contributed by atoms with E-state index < -0.39 is 11.7 Å². The van der Waals surface area contributed by atoms with Crippen LogP contribution in [0.15, 0.2) is 24.3 Å². The molecule has 0 bridgehead atoms. The van der Waals surface area contributed by atoms with Crippen molar-refractivity contribution in [1.29, 1.82) is 0 Å². The van der Waals surface area contributed by atoms with Crippen molar-refractivity contribution >= 4 is 12.0 Å². The normalized spacial score (nSPS) is 10.8. The molecule has 1 aromatic rings. The van der Waals surface area contributed by atoms with Crippen molar-refractivity contribution < 1.29 is 24.3 Å². The van der Waals surface area contributed by atoms with Crippen LogP contribution in [-0.2, 0) is 9.57 Å². The molecule has 116 valence electrons. The molecule has 2 amide bonds. The Morgan fingerprint density at radius 2 is 2.00 bits per heavy atom. The zero-order valence-corrected chi connectivity index (χ0v) is 12.3. The largest absolute Gasteiger partial charge is 0.508 e. The topological polar surface area (TPSA) is 96.9 Å². The first-order chi connectivity index (χ1) is 9.78. The highest BCUT2D eigenvalue weighted by atomic mass is 16.7. The molecule has 1 rings (SSSR count). The van der Waals surface area contributed by atoms with Crippen LogP contribution in [0.25, 0.3) is 0 Å². The van der Waals surface area contributed by atoms with Crippen molar-refractivity contribution in [1.82, 2.24) is 10.8 Å².